The molecule has 0 unspecified atom stereocenters. The molecule has 1 saturated heterocycles. The molecule has 6 heteroatoms. The molecule has 0 spiro atoms. The Morgan fingerprint density at radius 3 is 2.71 bits per heavy atom. The van der Waals surface area contributed by atoms with Gasteiger partial charge < -0.3 is 19.5 Å². The molecule has 0 aliphatic carbocycles. The molecular weight excluding hydrogens is 274 g/mol. The van der Waals surface area contributed by atoms with Crippen LogP contribution >= 0.6 is 0 Å². The van der Waals surface area contributed by atoms with E-state index in [1.54, 1.807) is 26.4 Å². The molecule has 1 aliphatic heterocycles. The molecule has 1 heterocycles. The Kier molecular flexibility index (Phi) is 4.93. The molecule has 0 aromatic heterocycles. The van der Waals surface area contributed by atoms with Crippen LogP contribution in [0.4, 0.5) is 5.69 Å². The first-order valence-corrected chi connectivity index (χ1v) is 6.73. The van der Waals surface area contributed by atoms with Gasteiger partial charge in [0.15, 0.2) is 12.6 Å². The van der Waals surface area contributed by atoms with E-state index < -0.39 is 5.97 Å². The van der Waals surface area contributed by atoms with E-state index in [-0.39, 0.29) is 23.3 Å². The number of ether oxygens (including phenoxy) is 2. The van der Waals surface area contributed by atoms with Crippen LogP contribution in [0.1, 0.15) is 27.1 Å². The van der Waals surface area contributed by atoms with Gasteiger partial charge in [-0.3, -0.25) is 4.79 Å². The number of nitrogens with zero attached hydrogens (tertiary/aromatic N) is 1. The first-order valence-electron chi connectivity index (χ1n) is 6.73. The van der Waals surface area contributed by atoms with E-state index in [2.05, 4.69) is 4.90 Å². The van der Waals surface area contributed by atoms with Crippen LogP contribution in [0.15, 0.2) is 18.2 Å². The summed E-state index contributed by atoms with van der Waals surface area (Å²) in [7, 11) is 3.23. The van der Waals surface area contributed by atoms with E-state index in [0.717, 1.165) is 25.2 Å². The largest absolute Gasteiger partial charge is 0.478 e. The number of anilines is 1. The van der Waals surface area contributed by atoms with Gasteiger partial charge in [0.1, 0.15) is 0 Å². The number of methoxy groups -OCH3 is 2. The molecule has 1 aromatic carbocycles. The van der Waals surface area contributed by atoms with Crippen molar-refractivity contribution in [1.29, 1.82) is 0 Å². The Morgan fingerprint density at radius 2 is 2.14 bits per heavy atom. The maximum atomic E-state index is 11.0. The van der Waals surface area contributed by atoms with Gasteiger partial charge >= 0.3 is 5.97 Å². The van der Waals surface area contributed by atoms with Gasteiger partial charge in [-0.05, 0) is 24.6 Å². The number of hydrogen-bond acceptors (Lipinski definition) is 5. The Morgan fingerprint density at radius 1 is 1.43 bits per heavy atom. The molecular formula is C15H19NO5. The van der Waals surface area contributed by atoms with E-state index in [9.17, 15) is 9.59 Å². The quantitative estimate of drug-likeness (QED) is 0.635. The second kappa shape index (κ2) is 6.69. The minimum absolute atomic E-state index is 0.0242. The summed E-state index contributed by atoms with van der Waals surface area (Å²) in [5.74, 6) is -0.847. The number of rotatable bonds is 6. The van der Waals surface area contributed by atoms with Gasteiger partial charge in [-0.25, -0.2) is 4.79 Å². The van der Waals surface area contributed by atoms with Crippen molar-refractivity contribution in [2.75, 3.05) is 32.2 Å². The summed E-state index contributed by atoms with van der Waals surface area (Å²) in [5, 5.41) is 9.03. The third kappa shape index (κ3) is 3.22. The average Bonchev–Trinajstić information content (AvgIpc) is 2.97. The molecule has 1 atom stereocenters. The summed E-state index contributed by atoms with van der Waals surface area (Å²) in [4.78, 5) is 24.2. The summed E-state index contributed by atoms with van der Waals surface area (Å²) >= 11 is 0. The zero-order valence-electron chi connectivity index (χ0n) is 12.1. The number of carboxylic acid groups (broad SMARTS) is 1. The van der Waals surface area contributed by atoms with Crippen LogP contribution in [0.5, 0.6) is 0 Å². The molecule has 1 N–H and O–H groups in total. The van der Waals surface area contributed by atoms with E-state index in [4.69, 9.17) is 14.6 Å². The lowest BCUT2D eigenvalue weighted by molar-refractivity contribution is -0.132. The van der Waals surface area contributed by atoms with Gasteiger partial charge in [-0.15, -0.1) is 0 Å². The van der Waals surface area contributed by atoms with Crippen LogP contribution in [-0.4, -0.2) is 51.0 Å². The standard InChI is InChI=1S/C15H19NO5/c1-20-15(21-2)10-5-6-16(8-10)12-3-4-13(14(18)19)11(7-12)9-17/h3-4,7,9-10,15H,5-6,8H2,1-2H3,(H,18,19)/t10-/m1/s1. The predicted octanol–water partition coefficient (Wildman–Crippen LogP) is 1.64. The predicted molar refractivity (Wildman–Crippen MR) is 76.9 cm³/mol. The molecule has 114 valence electrons. The Hall–Kier alpha value is -1.92. The van der Waals surface area contributed by atoms with Crippen molar-refractivity contribution in [3.8, 4) is 0 Å². The van der Waals surface area contributed by atoms with Crippen molar-refractivity contribution in [2.45, 2.75) is 12.7 Å². The van der Waals surface area contributed by atoms with E-state index in [1.807, 2.05) is 0 Å². The summed E-state index contributed by atoms with van der Waals surface area (Å²) in [6.07, 6.45) is 1.25. The lowest BCUT2D eigenvalue weighted by Gasteiger charge is -2.22. The summed E-state index contributed by atoms with van der Waals surface area (Å²) in [6, 6.07) is 4.82. The Labute approximate surface area is 123 Å². The fourth-order valence-electron chi connectivity index (χ4n) is 2.76. The smallest absolute Gasteiger partial charge is 0.336 e. The molecule has 0 saturated carbocycles. The number of carbonyl (C=O) groups excluding carboxylic acids is 1. The fourth-order valence-corrected chi connectivity index (χ4v) is 2.76. The number of carbonyl (C=O) groups is 2. The second-order valence-electron chi connectivity index (χ2n) is 5.03. The van der Waals surface area contributed by atoms with Crippen LogP contribution in [0, 0.1) is 5.92 Å². The number of hydrogen-bond donors (Lipinski definition) is 1. The lowest BCUT2D eigenvalue weighted by atomic mass is 10.1. The number of aldehydes is 1. The molecule has 21 heavy (non-hydrogen) atoms. The first kappa shape index (κ1) is 15.5. The van der Waals surface area contributed by atoms with Gasteiger partial charge in [0.25, 0.3) is 0 Å². The van der Waals surface area contributed by atoms with Crippen LogP contribution in [0.3, 0.4) is 0 Å². The number of benzene rings is 1. The molecule has 6 nitrogen and oxygen atoms in total. The fraction of sp³-hybridized carbons (Fsp3) is 0.467. The minimum Gasteiger partial charge on any atom is -0.478 e. The van der Waals surface area contributed by atoms with Crippen molar-refractivity contribution >= 4 is 17.9 Å². The van der Waals surface area contributed by atoms with Gasteiger partial charge in [0, 0.05) is 44.5 Å². The van der Waals surface area contributed by atoms with Crippen molar-refractivity contribution < 1.29 is 24.2 Å². The maximum absolute atomic E-state index is 11.0. The zero-order chi connectivity index (χ0) is 15.4. The third-order valence-electron chi connectivity index (χ3n) is 3.83. The second-order valence-corrected chi connectivity index (χ2v) is 5.03. The highest BCUT2D eigenvalue weighted by molar-refractivity contribution is 5.98. The molecule has 1 aliphatic rings. The molecule has 1 fully saturated rings. The minimum atomic E-state index is -1.10. The summed E-state index contributed by atoms with van der Waals surface area (Å²) < 4.78 is 10.6. The normalized spacial score (nSPS) is 18.2. The van der Waals surface area contributed by atoms with Crippen LogP contribution in [0.2, 0.25) is 0 Å². The van der Waals surface area contributed by atoms with E-state index in [1.165, 1.54) is 6.07 Å². The van der Waals surface area contributed by atoms with Crippen LogP contribution < -0.4 is 4.90 Å². The molecule has 0 amide bonds. The van der Waals surface area contributed by atoms with Crippen molar-refractivity contribution in [3.63, 3.8) is 0 Å². The van der Waals surface area contributed by atoms with Crippen molar-refractivity contribution in [2.24, 2.45) is 5.92 Å². The monoisotopic (exact) mass is 293 g/mol. The molecule has 2 rings (SSSR count). The van der Waals surface area contributed by atoms with Gasteiger partial charge in [-0.1, -0.05) is 0 Å². The first-order chi connectivity index (χ1) is 10.1. The van der Waals surface area contributed by atoms with Crippen molar-refractivity contribution in [1.82, 2.24) is 0 Å². The van der Waals surface area contributed by atoms with Gasteiger partial charge in [0.05, 0.1) is 5.56 Å². The molecule has 1 aromatic rings. The topological polar surface area (TPSA) is 76.1 Å². The van der Waals surface area contributed by atoms with Crippen LogP contribution in [0.25, 0.3) is 0 Å². The summed E-state index contributed by atoms with van der Waals surface area (Å²) in [5.41, 5.74) is 1.06. The van der Waals surface area contributed by atoms with Gasteiger partial charge in [-0.2, -0.15) is 0 Å². The van der Waals surface area contributed by atoms with E-state index >= 15 is 0 Å². The average molecular weight is 293 g/mol. The van der Waals surface area contributed by atoms with Crippen LogP contribution in [-0.2, 0) is 9.47 Å². The van der Waals surface area contributed by atoms with Crippen molar-refractivity contribution in [3.05, 3.63) is 29.3 Å². The summed E-state index contributed by atoms with van der Waals surface area (Å²) in [6.45, 7) is 1.57. The highest BCUT2D eigenvalue weighted by Crippen LogP contribution is 2.28. The lowest BCUT2D eigenvalue weighted by Crippen LogP contribution is -2.28. The highest BCUT2D eigenvalue weighted by atomic mass is 16.7. The number of aromatic carboxylic acids is 1. The zero-order valence-corrected chi connectivity index (χ0v) is 12.1. The number of carboxylic acids is 1. The maximum Gasteiger partial charge on any atom is 0.336 e. The highest BCUT2D eigenvalue weighted by Gasteiger charge is 2.30. The molecule has 0 bridgehead atoms. The SMILES string of the molecule is COC(OC)[C@@H]1CCN(c2ccc(C(=O)O)c(C=O)c2)C1. The van der Waals surface area contributed by atoms with E-state index in [0.29, 0.717) is 6.29 Å². The third-order valence-corrected chi connectivity index (χ3v) is 3.83. The Bertz CT molecular complexity index is 527. The van der Waals surface area contributed by atoms with Gasteiger partial charge in [0.2, 0.25) is 0 Å². The molecule has 0 radical (unpaired) electrons. The Balaban J connectivity index is 2.17.